The predicted octanol–water partition coefficient (Wildman–Crippen LogP) is 1.59. The summed E-state index contributed by atoms with van der Waals surface area (Å²) >= 11 is 0. The molecule has 2 saturated carbocycles. The van der Waals surface area contributed by atoms with Crippen LogP contribution in [0.15, 0.2) is 18.6 Å². The smallest absolute Gasteiger partial charge is 0.236 e. The van der Waals surface area contributed by atoms with Crippen LogP contribution in [-0.4, -0.2) is 85.7 Å². The van der Waals surface area contributed by atoms with Gasteiger partial charge in [0.05, 0.1) is 24.1 Å². The Balaban J connectivity index is 1.06. The lowest BCUT2D eigenvalue weighted by molar-refractivity contribution is -0.135. The summed E-state index contributed by atoms with van der Waals surface area (Å²) in [5.74, 6) is 1.65. The lowest BCUT2D eigenvalue weighted by atomic mass is 9.91. The van der Waals surface area contributed by atoms with Gasteiger partial charge in [0.25, 0.3) is 0 Å². The lowest BCUT2D eigenvalue weighted by Crippen LogP contribution is -2.55. The van der Waals surface area contributed by atoms with Crippen LogP contribution in [0.3, 0.4) is 0 Å². The first-order valence-electron chi connectivity index (χ1n) is 11.9. The van der Waals surface area contributed by atoms with Crippen molar-refractivity contribution in [3.8, 4) is 5.82 Å². The van der Waals surface area contributed by atoms with Crippen LogP contribution in [0.4, 0.5) is 0 Å². The first-order chi connectivity index (χ1) is 15.2. The van der Waals surface area contributed by atoms with Crippen LogP contribution in [0.1, 0.15) is 55.0 Å². The van der Waals surface area contributed by atoms with E-state index in [1.807, 2.05) is 10.9 Å². The number of nitrogens with zero attached hydrogens (tertiary/aromatic N) is 7. The number of rotatable bonds is 5. The Kier molecular flexibility index (Phi) is 4.99. The number of piperazine rings is 1. The molecule has 2 aliphatic carbocycles. The van der Waals surface area contributed by atoms with Crippen molar-refractivity contribution in [1.29, 1.82) is 0 Å². The van der Waals surface area contributed by atoms with Gasteiger partial charge >= 0.3 is 0 Å². The van der Waals surface area contributed by atoms with E-state index in [2.05, 4.69) is 25.9 Å². The number of amides is 1. The summed E-state index contributed by atoms with van der Waals surface area (Å²) in [4.78, 5) is 28.9. The van der Waals surface area contributed by atoms with E-state index in [0.29, 0.717) is 12.5 Å². The average Bonchev–Trinajstić information content (AvgIpc) is 3.52. The normalized spacial score (nSPS) is 22.9. The predicted molar refractivity (Wildman–Crippen MR) is 116 cm³/mol. The third kappa shape index (κ3) is 3.99. The molecule has 31 heavy (non-hydrogen) atoms. The second-order valence-corrected chi connectivity index (χ2v) is 9.58. The third-order valence-electron chi connectivity index (χ3n) is 7.42. The molecular weight excluding hydrogens is 390 g/mol. The zero-order valence-corrected chi connectivity index (χ0v) is 18.1. The van der Waals surface area contributed by atoms with Gasteiger partial charge in [-0.3, -0.25) is 19.6 Å². The maximum Gasteiger partial charge on any atom is 0.236 e. The number of carbonyl (C=O) groups excluding carboxylic acids is 1. The Bertz CT molecular complexity index is 957. The minimum Gasteiger partial charge on any atom is -0.339 e. The summed E-state index contributed by atoms with van der Waals surface area (Å²) in [6.07, 6.45) is 13.1. The van der Waals surface area contributed by atoms with Crippen molar-refractivity contribution in [1.82, 2.24) is 34.4 Å². The van der Waals surface area contributed by atoms with Crippen molar-refractivity contribution in [2.24, 2.45) is 0 Å². The SMILES string of the molecule is O=C(CN1CCc2nn(-c3cncc(C4CC4)n3)cc2C1)N1CCN(C2CCC2)CC1. The highest BCUT2D eigenvalue weighted by molar-refractivity contribution is 5.78. The van der Waals surface area contributed by atoms with E-state index in [1.165, 1.54) is 37.7 Å². The Morgan fingerprint density at radius 1 is 1.03 bits per heavy atom. The van der Waals surface area contributed by atoms with Crippen molar-refractivity contribution < 1.29 is 4.79 Å². The van der Waals surface area contributed by atoms with E-state index >= 15 is 0 Å². The maximum absolute atomic E-state index is 12.9. The Morgan fingerprint density at radius 2 is 1.87 bits per heavy atom. The van der Waals surface area contributed by atoms with Crippen molar-refractivity contribution in [2.75, 3.05) is 39.3 Å². The Morgan fingerprint density at radius 3 is 2.61 bits per heavy atom. The Hall–Kier alpha value is -2.32. The average molecular weight is 422 g/mol. The summed E-state index contributed by atoms with van der Waals surface area (Å²) < 4.78 is 1.87. The van der Waals surface area contributed by atoms with Crippen molar-refractivity contribution >= 4 is 5.91 Å². The van der Waals surface area contributed by atoms with Crippen molar-refractivity contribution in [3.05, 3.63) is 35.5 Å². The fourth-order valence-electron chi connectivity index (χ4n) is 5.06. The summed E-state index contributed by atoms with van der Waals surface area (Å²) in [5, 5.41) is 4.77. The molecule has 2 aromatic rings. The first-order valence-corrected chi connectivity index (χ1v) is 11.9. The minimum absolute atomic E-state index is 0.270. The molecule has 8 nitrogen and oxygen atoms in total. The molecule has 3 fully saturated rings. The van der Waals surface area contributed by atoms with Crippen LogP contribution in [-0.2, 0) is 17.8 Å². The van der Waals surface area contributed by atoms with Crippen LogP contribution >= 0.6 is 0 Å². The van der Waals surface area contributed by atoms with E-state index in [4.69, 9.17) is 10.1 Å². The number of aromatic nitrogens is 4. The topological polar surface area (TPSA) is 70.4 Å². The van der Waals surface area contributed by atoms with E-state index in [-0.39, 0.29) is 5.91 Å². The fraction of sp³-hybridized carbons (Fsp3) is 0.652. The largest absolute Gasteiger partial charge is 0.339 e. The zero-order chi connectivity index (χ0) is 20.8. The second-order valence-electron chi connectivity index (χ2n) is 9.58. The van der Waals surface area contributed by atoms with Crippen LogP contribution < -0.4 is 0 Å². The maximum atomic E-state index is 12.9. The molecule has 0 spiro atoms. The molecule has 1 saturated heterocycles. The standard InChI is InChI=1S/C23H31N7O/c31-23(29-10-8-28(9-11-29)19-2-1-3-19)16-27-7-6-20-18(14-27)15-30(26-20)22-13-24-12-21(25-22)17-4-5-17/h12-13,15,17,19H,1-11,14,16H2. The van der Waals surface area contributed by atoms with Crippen LogP contribution in [0.25, 0.3) is 5.82 Å². The number of carbonyl (C=O) groups is 1. The molecule has 0 radical (unpaired) electrons. The van der Waals surface area contributed by atoms with Gasteiger partial charge in [-0.25, -0.2) is 9.67 Å². The first kappa shape index (κ1) is 19.4. The van der Waals surface area contributed by atoms with Gasteiger partial charge in [-0.1, -0.05) is 6.42 Å². The lowest BCUT2D eigenvalue weighted by Gasteiger charge is -2.43. The minimum atomic E-state index is 0.270. The monoisotopic (exact) mass is 421 g/mol. The van der Waals surface area contributed by atoms with E-state index in [1.54, 1.807) is 6.20 Å². The van der Waals surface area contributed by atoms with Gasteiger partial charge < -0.3 is 4.90 Å². The van der Waals surface area contributed by atoms with Crippen molar-refractivity contribution in [2.45, 2.75) is 57.0 Å². The van der Waals surface area contributed by atoms with E-state index in [0.717, 1.165) is 68.9 Å². The molecule has 0 unspecified atom stereocenters. The molecule has 2 aliphatic heterocycles. The van der Waals surface area contributed by atoms with Crippen LogP contribution in [0.2, 0.25) is 0 Å². The van der Waals surface area contributed by atoms with E-state index < -0.39 is 0 Å². The third-order valence-corrected chi connectivity index (χ3v) is 7.42. The molecule has 164 valence electrons. The molecule has 0 atom stereocenters. The van der Waals surface area contributed by atoms with Crippen LogP contribution in [0.5, 0.6) is 0 Å². The molecule has 6 rings (SSSR count). The molecule has 0 aromatic carbocycles. The summed E-state index contributed by atoms with van der Waals surface area (Å²) in [7, 11) is 0. The Labute approximate surface area is 183 Å². The van der Waals surface area contributed by atoms with Gasteiger partial charge in [0.1, 0.15) is 0 Å². The summed E-state index contributed by atoms with van der Waals surface area (Å²) in [6.45, 7) is 5.99. The number of fused-ring (bicyclic) bond motifs is 1. The molecule has 4 aliphatic rings. The fourth-order valence-corrected chi connectivity index (χ4v) is 5.06. The molecule has 0 N–H and O–H groups in total. The molecule has 8 heteroatoms. The molecule has 2 aromatic heterocycles. The number of hydrogen-bond acceptors (Lipinski definition) is 6. The van der Waals surface area contributed by atoms with Gasteiger partial charge in [0, 0.05) is 75.6 Å². The van der Waals surface area contributed by atoms with Gasteiger partial charge in [-0.15, -0.1) is 0 Å². The van der Waals surface area contributed by atoms with Crippen molar-refractivity contribution in [3.63, 3.8) is 0 Å². The molecule has 0 bridgehead atoms. The highest BCUT2D eigenvalue weighted by Gasteiger charge is 2.30. The quantitative estimate of drug-likeness (QED) is 0.730. The van der Waals surface area contributed by atoms with Gasteiger partial charge in [-0.05, 0) is 25.7 Å². The van der Waals surface area contributed by atoms with Crippen LogP contribution in [0, 0.1) is 0 Å². The number of hydrogen-bond donors (Lipinski definition) is 0. The van der Waals surface area contributed by atoms with E-state index in [9.17, 15) is 4.79 Å². The highest BCUT2D eigenvalue weighted by Crippen LogP contribution is 2.38. The molecular formula is C23H31N7O. The zero-order valence-electron chi connectivity index (χ0n) is 18.1. The summed E-state index contributed by atoms with van der Waals surface area (Å²) in [5.41, 5.74) is 3.40. The second kappa shape index (κ2) is 7.98. The molecule has 1 amide bonds. The summed E-state index contributed by atoms with van der Waals surface area (Å²) in [6, 6.07) is 0.781. The van der Waals surface area contributed by atoms with Gasteiger partial charge in [0.2, 0.25) is 5.91 Å². The highest BCUT2D eigenvalue weighted by atomic mass is 16.2. The molecule has 4 heterocycles. The van der Waals surface area contributed by atoms with Gasteiger partial charge in [-0.2, -0.15) is 5.10 Å². The van der Waals surface area contributed by atoms with Gasteiger partial charge in [0.15, 0.2) is 5.82 Å².